The Hall–Kier alpha value is -0.590. The van der Waals surface area contributed by atoms with Crippen LogP contribution in [0.1, 0.15) is 18.4 Å². The molecule has 0 radical (unpaired) electrons. The fraction of sp³-hybridized carbons (Fsp3) is 0.571. The van der Waals surface area contributed by atoms with Gasteiger partial charge in [0.2, 0.25) is 0 Å². The Bertz CT molecular complexity index is 486. The molecule has 0 atom stereocenters. The van der Waals surface area contributed by atoms with Crippen LogP contribution in [0.4, 0.5) is 0 Å². The quantitative estimate of drug-likeness (QED) is 0.874. The number of benzene rings is 1. The van der Waals surface area contributed by atoms with Gasteiger partial charge in [-0.1, -0.05) is 0 Å². The molecule has 1 aliphatic heterocycles. The highest BCUT2D eigenvalue weighted by Crippen LogP contribution is 2.36. The van der Waals surface area contributed by atoms with Gasteiger partial charge in [0.15, 0.2) is 11.5 Å². The van der Waals surface area contributed by atoms with Gasteiger partial charge >= 0.3 is 0 Å². The van der Waals surface area contributed by atoms with E-state index in [2.05, 4.69) is 21.2 Å². The van der Waals surface area contributed by atoms with E-state index in [1.165, 1.54) is 0 Å². The molecule has 0 aromatic heterocycles. The summed E-state index contributed by atoms with van der Waals surface area (Å²) in [5.74, 6) is 3.06. The van der Waals surface area contributed by atoms with Crippen molar-refractivity contribution in [1.29, 1.82) is 0 Å². The summed E-state index contributed by atoms with van der Waals surface area (Å²) in [5.41, 5.74) is 1.14. The van der Waals surface area contributed by atoms with Crippen molar-refractivity contribution in [1.82, 2.24) is 5.32 Å². The third-order valence-corrected chi connectivity index (χ3v) is 5.45. The molecule has 1 heterocycles. The van der Waals surface area contributed by atoms with Crippen LogP contribution in [0, 0.1) is 0 Å². The molecule has 1 N–H and O–H groups in total. The topological polar surface area (TPSA) is 47.6 Å². The standard InChI is InChI=1S/C14H20BrNO3S/c1-18-13-8-10(7-12(15)14(13)19-2)9-16-11-3-5-20(17)6-4-11/h7-8,11,16H,3-6,9H2,1-2H3. The van der Waals surface area contributed by atoms with E-state index in [0.717, 1.165) is 46.7 Å². The van der Waals surface area contributed by atoms with Crippen LogP contribution in [-0.4, -0.2) is 36.0 Å². The molecule has 6 heteroatoms. The third kappa shape index (κ3) is 3.96. The van der Waals surface area contributed by atoms with Crippen molar-refractivity contribution < 1.29 is 13.7 Å². The molecule has 1 aliphatic rings. The van der Waals surface area contributed by atoms with E-state index in [0.29, 0.717) is 11.8 Å². The molecular formula is C14H20BrNO3S. The monoisotopic (exact) mass is 361 g/mol. The Kier molecular flexibility index (Phi) is 5.86. The second-order valence-corrected chi connectivity index (χ2v) is 7.37. The number of rotatable bonds is 5. The number of nitrogens with one attached hydrogen (secondary N) is 1. The molecule has 0 saturated carbocycles. The second kappa shape index (κ2) is 7.43. The van der Waals surface area contributed by atoms with Gasteiger partial charge in [-0.3, -0.25) is 4.21 Å². The number of hydrogen-bond donors (Lipinski definition) is 1. The molecule has 20 heavy (non-hydrogen) atoms. The largest absolute Gasteiger partial charge is 0.493 e. The summed E-state index contributed by atoms with van der Waals surface area (Å²) in [6.45, 7) is 0.774. The molecule has 0 amide bonds. The number of ether oxygens (including phenoxy) is 2. The molecule has 0 unspecified atom stereocenters. The van der Waals surface area contributed by atoms with Gasteiger partial charge in [-0.05, 0) is 46.5 Å². The van der Waals surface area contributed by atoms with Gasteiger partial charge in [0.05, 0.1) is 18.7 Å². The zero-order chi connectivity index (χ0) is 14.5. The van der Waals surface area contributed by atoms with Gasteiger partial charge in [0.25, 0.3) is 0 Å². The van der Waals surface area contributed by atoms with Gasteiger partial charge in [-0.25, -0.2) is 0 Å². The summed E-state index contributed by atoms with van der Waals surface area (Å²) in [6.07, 6.45) is 1.97. The van der Waals surface area contributed by atoms with E-state index in [1.807, 2.05) is 12.1 Å². The predicted molar refractivity (Wildman–Crippen MR) is 85.0 cm³/mol. The number of hydrogen-bond acceptors (Lipinski definition) is 4. The van der Waals surface area contributed by atoms with E-state index in [-0.39, 0.29) is 0 Å². The first-order valence-electron chi connectivity index (χ1n) is 6.62. The predicted octanol–water partition coefficient (Wildman–Crippen LogP) is 2.47. The Morgan fingerprint density at radius 2 is 2.00 bits per heavy atom. The third-order valence-electron chi connectivity index (χ3n) is 3.48. The molecule has 0 bridgehead atoms. The van der Waals surface area contributed by atoms with Gasteiger partial charge in [0, 0.05) is 34.9 Å². The van der Waals surface area contributed by atoms with Crippen molar-refractivity contribution in [3.63, 3.8) is 0 Å². The SMILES string of the molecule is COc1cc(CNC2CCS(=O)CC2)cc(Br)c1OC. The summed E-state index contributed by atoms with van der Waals surface area (Å²) in [4.78, 5) is 0. The van der Waals surface area contributed by atoms with Crippen LogP contribution >= 0.6 is 15.9 Å². The van der Waals surface area contributed by atoms with Crippen molar-refractivity contribution in [2.75, 3.05) is 25.7 Å². The summed E-state index contributed by atoms with van der Waals surface area (Å²) in [5, 5.41) is 3.52. The minimum absolute atomic E-state index is 0.458. The first-order chi connectivity index (χ1) is 9.63. The van der Waals surface area contributed by atoms with Gasteiger partial charge in [0.1, 0.15) is 0 Å². The lowest BCUT2D eigenvalue weighted by atomic mass is 10.1. The average Bonchev–Trinajstić information content (AvgIpc) is 2.46. The van der Waals surface area contributed by atoms with Gasteiger partial charge in [-0.15, -0.1) is 0 Å². The summed E-state index contributed by atoms with van der Waals surface area (Å²) in [6, 6.07) is 4.48. The smallest absolute Gasteiger partial charge is 0.174 e. The molecule has 0 aliphatic carbocycles. The number of methoxy groups -OCH3 is 2. The molecule has 1 fully saturated rings. The highest BCUT2D eigenvalue weighted by molar-refractivity contribution is 9.10. The van der Waals surface area contributed by atoms with Crippen LogP contribution < -0.4 is 14.8 Å². The highest BCUT2D eigenvalue weighted by atomic mass is 79.9. The van der Waals surface area contributed by atoms with E-state index in [9.17, 15) is 4.21 Å². The lowest BCUT2D eigenvalue weighted by molar-refractivity contribution is 0.352. The van der Waals surface area contributed by atoms with Crippen molar-refractivity contribution >= 4 is 26.7 Å². The van der Waals surface area contributed by atoms with Crippen LogP contribution in [0.2, 0.25) is 0 Å². The molecule has 4 nitrogen and oxygen atoms in total. The van der Waals surface area contributed by atoms with Crippen LogP contribution in [0.5, 0.6) is 11.5 Å². The van der Waals surface area contributed by atoms with Crippen LogP contribution in [0.3, 0.4) is 0 Å². The van der Waals surface area contributed by atoms with Crippen LogP contribution in [0.25, 0.3) is 0 Å². The summed E-state index contributed by atoms with van der Waals surface area (Å²) < 4.78 is 22.9. The van der Waals surface area contributed by atoms with Crippen molar-refractivity contribution in [2.24, 2.45) is 0 Å². The van der Waals surface area contributed by atoms with Gasteiger partial charge in [-0.2, -0.15) is 0 Å². The molecule has 1 aromatic rings. The molecule has 1 aromatic carbocycles. The molecule has 0 spiro atoms. The number of halogens is 1. The van der Waals surface area contributed by atoms with E-state index in [4.69, 9.17) is 9.47 Å². The lowest BCUT2D eigenvalue weighted by Gasteiger charge is -2.23. The fourth-order valence-electron chi connectivity index (χ4n) is 2.33. The summed E-state index contributed by atoms with van der Waals surface area (Å²) >= 11 is 3.50. The average molecular weight is 362 g/mol. The zero-order valence-corrected chi connectivity index (χ0v) is 14.2. The van der Waals surface area contributed by atoms with Crippen molar-refractivity contribution in [2.45, 2.75) is 25.4 Å². The molecular weight excluding hydrogens is 342 g/mol. The van der Waals surface area contributed by atoms with E-state index >= 15 is 0 Å². The minimum Gasteiger partial charge on any atom is -0.493 e. The summed E-state index contributed by atoms with van der Waals surface area (Å²) in [7, 11) is 2.66. The second-order valence-electron chi connectivity index (χ2n) is 4.82. The first kappa shape index (κ1) is 15.8. The molecule has 112 valence electrons. The van der Waals surface area contributed by atoms with E-state index in [1.54, 1.807) is 14.2 Å². The van der Waals surface area contributed by atoms with Crippen LogP contribution in [-0.2, 0) is 17.3 Å². The highest BCUT2D eigenvalue weighted by Gasteiger charge is 2.17. The van der Waals surface area contributed by atoms with Gasteiger partial charge < -0.3 is 14.8 Å². The van der Waals surface area contributed by atoms with Crippen molar-refractivity contribution in [3.05, 3.63) is 22.2 Å². The maximum absolute atomic E-state index is 11.3. The zero-order valence-electron chi connectivity index (χ0n) is 11.8. The molecule has 2 rings (SSSR count). The molecule has 1 saturated heterocycles. The van der Waals surface area contributed by atoms with E-state index < -0.39 is 10.8 Å². The normalized spacial score (nSPS) is 22.6. The first-order valence-corrected chi connectivity index (χ1v) is 8.91. The van der Waals surface area contributed by atoms with Crippen molar-refractivity contribution in [3.8, 4) is 11.5 Å². The Morgan fingerprint density at radius 3 is 2.60 bits per heavy atom. The fourth-order valence-corrected chi connectivity index (χ4v) is 4.28. The maximum atomic E-state index is 11.3. The van der Waals surface area contributed by atoms with Crippen LogP contribution in [0.15, 0.2) is 16.6 Å². The Labute approximate surface area is 130 Å². The maximum Gasteiger partial charge on any atom is 0.174 e. The lowest BCUT2D eigenvalue weighted by Crippen LogP contribution is -2.35. The minimum atomic E-state index is -0.606. The Balaban J connectivity index is 1.99. The Morgan fingerprint density at radius 1 is 1.30 bits per heavy atom.